The minimum Gasteiger partial charge on any atom is -0.380 e. The van der Waals surface area contributed by atoms with Gasteiger partial charge in [0, 0.05) is 26.2 Å². The monoisotopic (exact) mass is 228 g/mol. The number of likely N-dealkylation sites (tertiary alicyclic amines) is 1. The second-order valence-electron chi connectivity index (χ2n) is 4.94. The first-order valence-corrected chi connectivity index (χ1v) is 6.72. The lowest BCUT2D eigenvalue weighted by Gasteiger charge is -2.23. The van der Waals surface area contributed by atoms with Crippen molar-refractivity contribution in [2.24, 2.45) is 0 Å². The maximum Gasteiger partial charge on any atom is 0.0693 e. The molecule has 1 aliphatic heterocycles. The molecule has 2 atom stereocenters. The zero-order valence-electron chi connectivity index (χ0n) is 11.2. The van der Waals surface area contributed by atoms with Crippen molar-refractivity contribution >= 4 is 0 Å². The van der Waals surface area contributed by atoms with Gasteiger partial charge in [0.1, 0.15) is 0 Å². The van der Waals surface area contributed by atoms with E-state index in [-0.39, 0.29) is 0 Å². The molecule has 1 rings (SSSR count). The Hall–Kier alpha value is -0.120. The number of hydrogen-bond acceptors (Lipinski definition) is 3. The molecule has 0 aromatic rings. The quantitative estimate of drug-likeness (QED) is 0.751. The van der Waals surface area contributed by atoms with Crippen LogP contribution in [0.3, 0.4) is 0 Å². The molecule has 2 unspecified atom stereocenters. The zero-order valence-corrected chi connectivity index (χ0v) is 11.2. The van der Waals surface area contributed by atoms with E-state index in [2.05, 4.69) is 24.1 Å². The van der Waals surface area contributed by atoms with Crippen LogP contribution in [0.25, 0.3) is 0 Å². The van der Waals surface area contributed by atoms with Gasteiger partial charge in [-0.05, 0) is 39.8 Å². The molecule has 16 heavy (non-hydrogen) atoms. The van der Waals surface area contributed by atoms with Gasteiger partial charge >= 0.3 is 0 Å². The summed E-state index contributed by atoms with van der Waals surface area (Å²) in [4.78, 5) is 2.59. The lowest BCUT2D eigenvalue weighted by Crippen LogP contribution is -2.41. The molecule has 1 aliphatic rings. The van der Waals surface area contributed by atoms with Gasteiger partial charge < -0.3 is 15.0 Å². The normalized spacial score (nSPS) is 22.7. The van der Waals surface area contributed by atoms with Gasteiger partial charge in [0.2, 0.25) is 0 Å². The summed E-state index contributed by atoms with van der Waals surface area (Å²) in [5.41, 5.74) is 0. The maximum atomic E-state index is 5.30. The molecule has 0 radical (unpaired) electrons. The summed E-state index contributed by atoms with van der Waals surface area (Å²) in [6, 6.07) is 0.442. The van der Waals surface area contributed by atoms with Crippen LogP contribution in [0.4, 0.5) is 0 Å². The van der Waals surface area contributed by atoms with Crippen LogP contribution in [0.15, 0.2) is 0 Å². The van der Waals surface area contributed by atoms with Crippen LogP contribution < -0.4 is 5.32 Å². The highest BCUT2D eigenvalue weighted by Gasteiger charge is 2.12. The van der Waals surface area contributed by atoms with Crippen molar-refractivity contribution in [3.05, 3.63) is 0 Å². The summed E-state index contributed by atoms with van der Waals surface area (Å²) in [7, 11) is 1.78. The highest BCUT2D eigenvalue weighted by Crippen LogP contribution is 2.08. The highest BCUT2D eigenvalue weighted by molar-refractivity contribution is 4.70. The number of methoxy groups -OCH3 is 1. The van der Waals surface area contributed by atoms with Crippen LogP contribution in [-0.4, -0.2) is 50.3 Å². The average molecular weight is 228 g/mol. The third-order valence-electron chi connectivity index (χ3n) is 3.67. The Balaban J connectivity index is 2.09. The van der Waals surface area contributed by atoms with Crippen molar-refractivity contribution in [1.82, 2.24) is 10.2 Å². The second kappa shape index (κ2) is 8.04. The molecule has 1 fully saturated rings. The fourth-order valence-corrected chi connectivity index (χ4v) is 2.18. The predicted octanol–water partition coefficient (Wildman–Crippen LogP) is 1.88. The van der Waals surface area contributed by atoms with Crippen LogP contribution >= 0.6 is 0 Å². The highest BCUT2D eigenvalue weighted by atomic mass is 16.5. The van der Waals surface area contributed by atoms with Gasteiger partial charge in [0.15, 0.2) is 0 Å². The lowest BCUT2D eigenvalue weighted by molar-refractivity contribution is 0.0876. The molecule has 3 nitrogen and oxygen atoms in total. The first-order chi connectivity index (χ1) is 7.74. The number of rotatable bonds is 6. The molecule has 0 spiro atoms. The van der Waals surface area contributed by atoms with Gasteiger partial charge in [-0.2, -0.15) is 0 Å². The molecule has 0 amide bonds. The third-order valence-corrected chi connectivity index (χ3v) is 3.67. The summed E-state index contributed by atoms with van der Waals surface area (Å²) < 4.78 is 5.30. The smallest absolute Gasteiger partial charge is 0.0693 e. The largest absolute Gasteiger partial charge is 0.380 e. The zero-order chi connectivity index (χ0) is 11.8. The Bertz CT molecular complexity index is 167. The van der Waals surface area contributed by atoms with E-state index in [1.807, 2.05) is 0 Å². The Labute approximate surface area is 101 Å². The van der Waals surface area contributed by atoms with Crippen LogP contribution in [0.1, 0.15) is 39.5 Å². The van der Waals surface area contributed by atoms with E-state index >= 15 is 0 Å². The van der Waals surface area contributed by atoms with E-state index in [0.29, 0.717) is 12.1 Å². The molecule has 0 aromatic carbocycles. The molecule has 0 aromatic heterocycles. The maximum absolute atomic E-state index is 5.30. The number of ether oxygens (including phenoxy) is 1. The predicted molar refractivity (Wildman–Crippen MR) is 68.8 cm³/mol. The van der Waals surface area contributed by atoms with Crippen LogP contribution in [0.2, 0.25) is 0 Å². The van der Waals surface area contributed by atoms with Gasteiger partial charge in [0.25, 0.3) is 0 Å². The molecule has 0 aliphatic carbocycles. The van der Waals surface area contributed by atoms with Gasteiger partial charge in [0.05, 0.1) is 6.10 Å². The van der Waals surface area contributed by atoms with Crippen molar-refractivity contribution in [2.75, 3.05) is 33.3 Å². The molecule has 1 N–H and O–H groups in total. The molecule has 3 heteroatoms. The van der Waals surface area contributed by atoms with E-state index in [1.165, 1.54) is 45.3 Å². The number of hydrogen-bond donors (Lipinski definition) is 1. The van der Waals surface area contributed by atoms with Crippen LogP contribution in [0.5, 0.6) is 0 Å². The first-order valence-electron chi connectivity index (χ1n) is 6.72. The van der Waals surface area contributed by atoms with Crippen molar-refractivity contribution < 1.29 is 4.74 Å². The fourth-order valence-electron chi connectivity index (χ4n) is 2.18. The van der Waals surface area contributed by atoms with Crippen LogP contribution in [0, 0.1) is 0 Å². The van der Waals surface area contributed by atoms with E-state index in [1.54, 1.807) is 7.11 Å². The fraction of sp³-hybridized carbons (Fsp3) is 1.00. The molecule has 0 saturated carbocycles. The van der Waals surface area contributed by atoms with Crippen molar-refractivity contribution in [3.8, 4) is 0 Å². The van der Waals surface area contributed by atoms with Crippen molar-refractivity contribution in [3.63, 3.8) is 0 Å². The summed E-state index contributed by atoms with van der Waals surface area (Å²) in [6.45, 7) is 9.14. The Kier molecular flexibility index (Phi) is 7.01. The summed E-state index contributed by atoms with van der Waals surface area (Å²) in [6.07, 6.45) is 5.89. The minimum absolute atomic E-state index is 0.295. The standard InChI is InChI=1S/C13H28N2O/c1-12(13(2)16-3)14-8-11-15-9-6-4-5-7-10-15/h12-14H,4-11H2,1-3H3. The summed E-state index contributed by atoms with van der Waals surface area (Å²) >= 11 is 0. The number of nitrogens with zero attached hydrogens (tertiary/aromatic N) is 1. The van der Waals surface area contributed by atoms with Gasteiger partial charge in [-0.1, -0.05) is 12.8 Å². The Morgan fingerprint density at radius 2 is 1.75 bits per heavy atom. The topological polar surface area (TPSA) is 24.5 Å². The van der Waals surface area contributed by atoms with Gasteiger partial charge in [-0.25, -0.2) is 0 Å². The lowest BCUT2D eigenvalue weighted by atomic mass is 10.2. The summed E-state index contributed by atoms with van der Waals surface area (Å²) in [5, 5.41) is 3.53. The molecule has 1 heterocycles. The first kappa shape index (κ1) is 13.9. The molecule has 96 valence electrons. The molecular formula is C13H28N2O. The summed E-state index contributed by atoms with van der Waals surface area (Å²) in [5.74, 6) is 0. The molecule has 0 bridgehead atoms. The third kappa shape index (κ3) is 5.28. The van der Waals surface area contributed by atoms with Gasteiger partial charge in [-0.3, -0.25) is 0 Å². The Morgan fingerprint density at radius 1 is 1.12 bits per heavy atom. The van der Waals surface area contributed by atoms with E-state index < -0.39 is 0 Å². The SMILES string of the molecule is COC(C)C(C)NCCN1CCCCCC1. The van der Waals surface area contributed by atoms with E-state index in [4.69, 9.17) is 4.74 Å². The van der Waals surface area contributed by atoms with E-state index in [9.17, 15) is 0 Å². The van der Waals surface area contributed by atoms with Gasteiger partial charge in [-0.15, -0.1) is 0 Å². The molecular weight excluding hydrogens is 200 g/mol. The van der Waals surface area contributed by atoms with E-state index in [0.717, 1.165) is 6.54 Å². The average Bonchev–Trinajstić information content (AvgIpc) is 2.56. The molecule has 1 saturated heterocycles. The number of nitrogens with one attached hydrogen (secondary N) is 1. The Morgan fingerprint density at radius 3 is 2.31 bits per heavy atom. The second-order valence-corrected chi connectivity index (χ2v) is 4.94. The van der Waals surface area contributed by atoms with Crippen molar-refractivity contribution in [1.29, 1.82) is 0 Å². The minimum atomic E-state index is 0.295. The van der Waals surface area contributed by atoms with Crippen LogP contribution in [-0.2, 0) is 4.74 Å². The van der Waals surface area contributed by atoms with Crippen molar-refractivity contribution in [2.45, 2.75) is 51.7 Å².